The third-order valence-corrected chi connectivity index (χ3v) is 4.37. The van der Waals surface area contributed by atoms with E-state index in [1.165, 1.54) is 6.21 Å². The zero-order valence-electron chi connectivity index (χ0n) is 14.2. The lowest BCUT2D eigenvalue weighted by Gasteiger charge is -2.10. The number of para-hydroxylation sites is 1. The Labute approximate surface area is 171 Å². The number of hydrazone groups is 1. The van der Waals surface area contributed by atoms with Gasteiger partial charge in [0, 0.05) is 9.50 Å². The van der Waals surface area contributed by atoms with E-state index in [1.807, 2.05) is 42.5 Å². The molecule has 0 bridgehead atoms. The summed E-state index contributed by atoms with van der Waals surface area (Å²) >= 11 is 9.36. The smallest absolute Gasteiger partial charge is 0.275 e. The van der Waals surface area contributed by atoms with Gasteiger partial charge in [0.05, 0.1) is 11.8 Å². The van der Waals surface area contributed by atoms with Gasteiger partial charge in [-0.05, 0) is 47.5 Å². The van der Waals surface area contributed by atoms with Crippen LogP contribution in [0.25, 0.3) is 0 Å². The van der Waals surface area contributed by atoms with Crippen LogP contribution in [0.1, 0.15) is 21.5 Å². The summed E-state index contributed by atoms with van der Waals surface area (Å²) in [5.74, 6) is 0.144. The van der Waals surface area contributed by atoms with E-state index in [1.54, 1.807) is 30.3 Å². The van der Waals surface area contributed by atoms with Crippen LogP contribution in [0.2, 0.25) is 5.02 Å². The fraction of sp³-hybridized carbons (Fsp3) is 0.0476. The number of nitrogens with zero attached hydrogens (tertiary/aromatic N) is 1. The first-order valence-corrected chi connectivity index (χ1v) is 9.34. The molecule has 3 rings (SSSR count). The van der Waals surface area contributed by atoms with Crippen molar-refractivity contribution in [3.63, 3.8) is 0 Å². The Balaban J connectivity index is 1.66. The second-order valence-corrected chi connectivity index (χ2v) is 7.02. The van der Waals surface area contributed by atoms with Crippen molar-refractivity contribution in [1.82, 2.24) is 5.43 Å². The van der Waals surface area contributed by atoms with Crippen molar-refractivity contribution in [3.8, 4) is 5.75 Å². The Bertz CT molecular complexity index is 976. The molecule has 0 unspecified atom stereocenters. The molecule has 0 aliphatic carbocycles. The lowest BCUT2D eigenvalue weighted by atomic mass is 10.2. The molecule has 3 aromatic carbocycles. The molecule has 1 N–H and O–H groups in total. The highest BCUT2D eigenvalue weighted by atomic mass is 79.9. The minimum Gasteiger partial charge on any atom is -0.488 e. The van der Waals surface area contributed by atoms with E-state index in [2.05, 4.69) is 26.5 Å². The quantitative estimate of drug-likeness (QED) is 0.407. The van der Waals surface area contributed by atoms with Crippen molar-refractivity contribution in [2.75, 3.05) is 0 Å². The first-order valence-electron chi connectivity index (χ1n) is 8.17. The normalized spacial score (nSPS) is 10.7. The van der Waals surface area contributed by atoms with Crippen molar-refractivity contribution < 1.29 is 9.53 Å². The van der Waals surface area contributed by atoms with Gasteiger partial charge in [-0.25, -0.2) is 5.43 Å². The number of rotatable bonds is 6. The van der Waals surface area contributed by atoms with Gasteiger partial charge in [0.25, 0.3) is 5.91 Å². The predicted molar refractivity (Wildman–Crippen MR) is 111 cm³/mol. The largest absolute Gasteiger partial charge is 0.488 e. The number of carbonyl (C=O) groups is 1. The fourth-order valence-electron chi connectivity index (χ4n) is 2.38. The molecule has 0 saturated heterocycles. The molecule has 1 amide bonds. The number of carbonyl (C=O) groups excluding carboxylic acids is 1. The first-order chi connectivity index (χ1) is 13.1. The monoisotopic (exact) mass is 442 g/mol. The maximum atomic E-state index is 12.4. The Morgan fingerprint density at radius 2 is 1.89 bits per heavy atom. The highest BCUT2D eigenvalue weighted by Crippen LogP contribution is 2.20. The topological polar surface area (TPSA) is 50.7 Å². The molecule has 0 spiro atoms. The summed E-state index contributed by atoms with van der Waals surface area (Å²) in [5.41, 5.74) is 4.72. The highest BCUT2D eigenvalue weighted by Gasteiger charge is 2.11. The average Bonchev–Trinajstić information content (AvgIpc) is 2.67. The molecule has 0 saturated carbocycles. The average molecular weight is 444 g/mol. The second kappa shape index (κ2) is 9.35. The molecular formula is C21H16BrClN2O2. The van der Waals surface area contributed by atoms with Gasteiger partial charge in [-0.3, -0.25) is 4.79 Å². The summed E-state index contributed by atoms with van der Waals surface area (Å²) in [6.07, 6.45) is 1.54. The van der Waals surface area contributed by atoms with Crippen molar-refractivity contribution >= 4 is 39.7 Å². The number of hydrogen-bond donors (Lipinski definition) is 1. The van der Waals surface area contributed by atoms with Crippen LogP contribution >= 0.6 is 27.5 Å². The summed E-state index contributed by atoms with van der Waals surface area (Å²) in [6, 6.07) is 22.1. The standard InChI is InChI=1S/C21H16BrClN2O2/c22-17-7-3-6-16(11-17)14-27-20-10-2-1-9-19(20)21(26)25-24-13-15-5-4-8-18(23)12-15/h1-13H,14H2,(H,25,26)/b24-13+. The van der Waals surface area contributed by atoms with E-state index in [-0.39, 0.29) is 5.91 Å². The summed E-state index contributed by atoms with van der Waals surface area (Å²) in [6.45, 7) is 0.357. The molecule has 3 aromatic rings. The van der Waals surface area contributed by atoms with E-state index >= 15 is 0 Å². The molecule has 0 atom stereocenters. The van der Waals surface area contributed by atoms with E-state index in [0.29, 0.717) is 22.9 Å². The molecule has 6 heteroatoms. The Hall–Kier alpha value is -2.63. The molecule has 0 aromatic heterocycles. The van der Waals surface area contributed by atoms with Gasteiger partial charge in [0.15, 0.2) is 0 Å². The van der Waals surface area contributed by atoms with Crippen LogP contribution in [0.15, 0.2) is 82.4 Å². The van der Waals surface area contributed by atoms with Crippen LogP contribution in [0.3, 0.4) is 0 Å². The van der Waals surface area contributed by atoms with E-state index in [9.17, 15) is 4.79 Å². The second-order valence-electron chi connectivity index (χ2n) is 5.67. The number of hydrogen-bond acceptors (Lipinski definition) is 3. The van der Waals surface area contributed by atoms with Crippen molar-refractivity contribution in [1.29, 1.82) is 0 Å². The number of nitrogens with one attached hydrogen (secondary N) is 1. The molecule has 0 heterocycles. The molecule has 4 nitrogen and oxygen atoms in total. The summed E-state index contributed by atoms with van der Waals surface area (Å²) in [4.78, 5) is 12.4. The zero-order valence-corrected chi connectivity index (χ0v) is 16.6. The maximum Gasteiger partial charge on any atom is 0.275 e. The van der Waals surface area contributed by atoms with Crippen LogP contribution in [-0.4, -0.2) is 12.1 Å². The molecule has 136 valence electrons. The molecular weight excluding hydrogens is 428 g/mol. The summed E-state index contributed by atoms with van der Waals surface area (Å²) in [5, 5.41) is 4.59. The van der Waals surface area contributed by atoms with Crippen molar-refractivity contribution in [2.45, 2.75) is 6.61 Å². The lowest BCUT2D eigenvalue weighted by Crippen LogP contribution is -2.18. The third kappa shape index (κ3) is 5.67. The number of benzene rings is 3. The minimum absolute atomic E-state index is 0.349. The molecule has 0 radical (unpaired) electrons. The van der Waals surface area contributed by atoms with Gasteiger partial charge in [0.2, 0.25) is 0 Å². The highest BCUT2D eigenvalue weighted by molar-refractivity contribution is 9.10. The predicted octanol–water partition coefficient (Wildman–Crippen LogP) is 5.45. The van der Waals surface area contributed by atoms with E-state index in [0.717, 1.165) is 15.6 Å². The third-order valence-electron chi connectivity index (χ3n) is 3.64. The van der Waals surface area contributed by atoms with Gasteiger partial charge in [-0.1, -0.05) is 63.9 Å². The van der Waals surface area contributed by atoms with Gasteiger partial charge in [0.1, 0.15) is 12.4 Å². The lowest BCUT2D eigenvalue weighted by molar-refractivity contribution is 0.0950. The van der Waals surface area contributed by atoms with Gasteiger partial charge < -0.3 is 4.74 Å². The van der Waals surface area contributed by atoms with E-state index in [4.69, 9.17) is 16.3 Å². The van der Waals surface area contributed by atoms with Gasteiger partial charge in [-0.15, -0.1) is 0 Å². The molecule has 0 aliphatic rings. The fourth-order valence-corrected chi connectivity index (χ4v) is 3.03. The van der Waals surface area contributed by atoms with E-state index < -0.39 is 0 Å². The number of halogens is 2. The Morgan fingerprint density at radius 3 is 2.70 bits per heavy atom. The molecule has 27 heavy (non-hydrogen) atoms. The number of ether oxygens (including phenoxy) is 1. The van der Waals surface area contributed by atoms with Crippen molar-refractivity contribution in [2.24, 2.45) is 5.10 Å². The van der Waals surface area contributed by atoms with Gasteiger partial charge >= 0.3 is 0 Å². The Kier molecular flexibility index (Phi) is 6.63. The molecule has 0 fully saturated rings. The first kappa shape index (κ1) is 19.1. The van der Waals surface area contributed by atoms with Crippen LogP contribution in [-0.2, 0) is 6.61 Å². The number of amides is 1. The SMILES string of the molecule is O=C(N/N=C/c1cccc(Cl)c1)c1ccccc1OCc1cccc(Br)c1. The van der Waals surface area contributed by atoms with Crippen LogP contribution in [0.5, 0.6) is 5.75 Å². The van der Waals surface area contributed by atoms with Crippen LogP contribution in [0.4, 0.5) is 0 Å². The van der Waals surface area contributed by atoms with Gasteiger partial charge in [-0.2, -0.15) is 5.10 Å². The van der Waals surface area contributed by atoms with Crippen molar-refractivity contribution in [3.05, 3.63) is 99.0 Å². The van der Waals surface area contributed by atoms with Crippen LogP contribution < -0.4 is 10.2 Å². The summed E-state index contributed by atoms with van der Waals surface area (Å²) < 4.78 is 6.81. The minimum atomic E-state index is -0.349. The zero-order chi connectivity index (χ0) is 19.1. The molecule has 0 aliphatic heterocycles. The maximum absolute atomic E-state index is 12.4. The summed E-state index contributed by atoms with van der Waals surface area (Å²) in [7, 11) is 0. The van der Waals surface area contributed by atoms with Crippen LogP contribution in [0, 0.1) is 0 Å². The Morgan fingerprint density at radius 1 is 1.07 bits per heavy atom.